The van der Waals surface area contributed by atoms with Crippen LogP contribution in [0.5, 0.6) is 0 Å². The number of thioether (sulfide) groups is 1. The van der Waals surface area contributed by atoms with Crippen molar-refractivity contribution >= 4 is 39.4 Å². The lowest BCUT2D eigenvalue weighted by atomic mass is 10.2. The second-order valence-electron chi connectivity index (χ2n) is 4.63. The van der Waals surface area contributed by atoms with Crippen molar-refractivity contribution in [3.63, 3.8) is 0 Å². The lowest BCUT2D eigenvalue weighted by Crippen LogP contribution is -2.12. The fraction of sp³-hybridized carbons (Fsp3) is 0.188. The maximum Gasteiger partial charge on any atom is 0.344 e. The predicted octanol–water partition coefficient (Wildman–Crippen LogP) is 3.39. The molecule has 6 heteroatoms. The van der Waals surface area contributed by atoms with Gasteiger partial charge in [-0.15, -0.1) is 0 Å². The normalized spacial score (nSPS) is 16.5. The third-order valence-electron chi connectivity index (χ3n) is 3.14. The van der Waals surface area contributed by atoms with Gasteiger partial charge in [-0.3, -0.25) is 4.98 Å². The van der Waals surface area contributed by atoms with E-state index < -0.39 is 5.97 Å². The molecule has 1 N–H and O–H groups in total. The third-order valence-corrected chi connectivity index (χ3v) is 4.13. The van der Waals surface area contributed by atoms with Crippen LogP contribution in [0, 0.1) is 0 Å². The van der Waals surface area contributed by atoms with Crippen LogP contribution in [-0.2, 0) is 9.53 Å². The van der Waals surface area contributed by atoms with E-state index in [0.717, 1.165) is 10.9 Å². The van der Waals surface area contributed by atoms with Crippen LogP contribution in [0.4, 0.5) is 5.69 Å². The highest BCUT2D eigenvalue weighted by molar-refractivity contribution is 8.15. The van der Waals surface area contributed by atoms with Gasteiger partial charge in [0.15, 0.2) is 0 Å². The molecule has 0 spiro atoms. The molecular formula is C16H14N2O3S. The highest BCUT2D eigenvalue weighted by atomic mass is 32.2. The molecule has 22 heavy (non-hydrogen) atoms. The summed E-state index contributed by atoms with van der Waals surface area (Å²) in [4.78, 5) is 20.7. The highest BCUT2D eigenvalue weighted by Gasteiger charge is 2.29. The number of aliphatic hydroxyl groups is 1. The van der Waals surface area contributed by atoms with E-state index in [-0.39, 0.29) is 17.9 Å². The monoisotopic (exact) mass is 314 g/mol. The van der Waals surface area contributed by atoms with E-state index in [2.05, 4.69) is 9.98 Å². The molecule has 2 aromatic rings. The molecule has 0 unspecified atom stereocenters. The van der Waals surface area contributed by atoms with E-state index in [1.807, 2.05) is 30.3 Å². The summed E-state index contributed by atoms with van der Waals surface area (Å²) in [6.07, 6.45) is 1.74. The number of nitrogens with zero attached hydrogens (tertiary/aromatic N) is 2. The molecule has 3 rings (SSSR count). The van der Waals surface area contributed by atoms with Gasteiger partial charge in [-0.2, -0.15) is 0 Å². The van der Waals surface area contributed by atoms with Crippen LogP contribution < -0.4 is 0 Å². The number of aliphatic hydroxyl groups excluding tert-OH is 1. The number of aliphatic imine (C=N–C) groups is 1. The number of pyridine rings is 1. The molecule has 0 atom stereocenters. The zero-order chi connectivity index (χ0) is 15.5. The number of rotatable bonds is 3. The summed E-state index contributed by atoms with van der Waals surface area (Å²) < 4.78 is 4.97. The quantitative estimate of drug-likeness (QED) is 0.879. The van der Waals surface area contributed by atoms with Gasteiger partial charge in [-0.05, 0) is 31.2 Å². The van der Waals surface area contributed by atoms with Gasteiger partial charge in [0.1, 0.15) is 16.4 Å². The Kier molecular flexibility index (Phi) is 4.11. The number of fused-ring (bicyclic) bond motifs is 1. The lowest BCUT2D eigenvalue weighted by molar-refractivity contribution is -0.138. The Bertz CT molecular complexity index is 799. The molecule has 0 saturated heterocycles. The van der Waals surface area contributed by atoms with E-state index in [9.17, 15) is 9.90 Å². The molecule has 0 bridgehead atoms. The first-order chi connectivity index (χ1) is 10.7. The summed E-state index contributed by atoms with van der Waals surface area (Å²) in [7, 11) is 0. The van der Waals surface area contributed by atoms with Gasteiger partial charge >= 0.3 is 5.97 Å². The zero-order valence-electron chi connectivity index (χ0n) is 11.9. The molecule has 0 aliphatic carbocycles. The van der Waals surface area contributed by atoms with Crippen LogP contribution in [0.3, 0.4) is 0 Å². The smallest absolute Gasteiger partial charge is 0.344 e. The summed E-state index contributed by atoms with van der Waals surface area (Å²) in [5, 5.41) is 11.3. The summed E-state index contributed by atoms with van der Waals surface area (Å²) in [6.45, 7) is 1.99. The van der Waals surface area contributed by atoms with Crippen LogP contribution in [0.2, 0.25) is 0 Å². The van der Waals surface area contributed by atoms with Gasteiger partial charge in [-0.25, -0.2) is 9.79 Å². The molecule has 2 heterocycles. The first-order valence-corrected chi connectivity index (χ1v) is 7.83. The number of carbonyl (C=O) groups excluding carboxylic acids is 1. The van der Waals surface area contributed by atoms with E-state index in [1.165, 1.54) is 11.8 Å². The van der Waals surface area contributed by atoms with E-state index in [4.69, 9.17) is 4.74 Å². The van der Waals surface area contributed by atoms with Crippen LogP contribution >= 0.6 is 11.8 Å². The predicted molar refractivity (Wildman–Crippen MR) is 87.6 cm³/mol. The number of esters is 1. The molecule has 0 fully saturated rings. The Hall–Kier alpha value is -2.34. The Labute approximate surface area is 131 Å². The molecule has 0 radical (unpaired) electrons. The van der Waals surface area contributed by atoms with Crippen molar-refractivity contribution in [2.75, 3.05) is 12.4 Å². The van der Waals surface area contributed by atoms with Gasteiger partial charge in [0, 0.05) is 11.6 Å². The lowest BCUT2D eigenvalue weighted by Gasteiger charge is -2.04. The molecule has 1 aromatic carbocycles. The van der Waals surface area contributed by atoms with Gasteiger partial charge in [0.2, 0.25) is 0 Å². The largest absolute Gasteiger partial charge is 0.510 e. The average Bonchev–Trinajstić information content (AvgIpc) is 2.88. The molecule has 0 amide bonds. The van der Waals surface area contributed by atoms with Gasteiger partial charge in [0.05, 0.1) is 23.6 Å². The molecule has 1 aromatic heterocycles. The van der Waals surface area contributed by atoms with Crippen molar-refractivity contribution in [1.82, 2.24) is 4.98 Å². The fourth-order valence-electron chi connectivity index (χ4n) is 2.15. The second kappa shape index (κ2) is 6.19. The Morgan fingerprint density at radius 1 is 1.45 bits per heavy atom. The highest BCUT2D eigenvalue weighted by Crippen LogP contribution is 2.30. The third kappa shape index (κ3) is 2.82. The van der Waals surface area contributed by atoms with Gasteiger partial charge in [-0.1, -0.05) is 17.8 Å². The van der Waals surface area contributed by atoms with Crippen LogP contribution in [-0.4, -0.2) is 33.5 Å². The number of ether oxygens (including phenoxy) is 1. The number of hydrogen-bond donors (Lipinski definition) is 1. The molecule has 112 valence electrons. The Morgan fingerprint density at radius 2 is 2.32 bits per heavy atom. The number of benzene rings is 1. The SMILES string of the molecule is CCOC(=O)C1=C(O)CSC1=Nc1ccc2ncccc2c1. The molecule has 0 saturated carbocycles. The zero-order valence-corrected chi connectivity index (χ0v) is 12.8. The number of aromatic nitrogens is 1. The van der Waals surface area contributed by atoms with Gasteiger partial charge in [0.25, 0.3) is 0 Å². The fourth-order valence-corrected chi connectivity index (χ4v) is 3.08. The summed E-state index contributed by atoms with van der Waals surface area (Å²) >= 11 is 1.32. The number of carbonyl (C=O) groups is 1. The van der Waals surface area contributed by atoms with Crippen LogP contribution in [0.25, 0.3) is 10.9 Å². The average molecular weight is 314 g/mol. The second-order valence-corrected chi connectivity index (χ2v) is 5.59. The maximum atomic E-state index is 11.9. The minimum absolute atomic E-state index is 0.0182. The van der Waals surface area contributed by atoms with E-state index in [0.29, 0.717) is 16.5 Å². The van der Waals surface area contributed by atoms with Crippen LogP contribution in [0.15, 0.2) is 52.9 Å². The molecule has 1 aliphatic rings. The van der Waals surface area contributed by atoms with Crippen molar-refractivity contribution in [1.29, 1.82) is 0 Å². The first kappa shape index (κ1) is 14.6. The number of hydrogen-bond acceptors (Lipinski definition) is 6. The topological polar surface area (TPSA) is 71.8 Å². The van der Waals surface area contributed by atoms with Crippen LogP contribution in [0.1, 0.15) is 6.92 Å². The molecular weight excluding hydrogens is 300 g/mol. The molecule has 1 aliphatic heterocycles. The standard InChI is InChI=1S/C16H14N2O3S/c1-2-21-16(20)14-13(19)9-22-15(14)18-11-5-6-12-10(8-11)4-3-7-17-12/h3-8,19H,2,9H2,1H3. The van der Waals surface area contributed by atoms with Gasteiger partial charge < -0.3 is 9.84 Å². The summed E-state index contributed by atoms with van der Waals surface area (Å²) in [5.41, 5.74) is 1.76. The van der Waals surface area contributed by atoms with E-state index in [1.54, 1.807) is 13.1 Å². The van der Waals surface area contributed by atoms with Crippen molar-refractivity contribution in [2.45, 2.75) is 6.92 Å². The molecule has 5 nitrogen and oxygen atoms in total. The van der Waals surface area contributed by atoms with Crippen molar-refractivity contribution < 1.29 is 14.6 Å². The van der Waals surface area contributed by atoms with Crippen molar-refractivity contribution in [2.24, 2.45) is 4.99 Å². The minimum Gasteiger partial charge on any atom is -0.510 e. The summed E-state index contributed by atoms with van der Waals surface area (Å²) in [6, 6.07) is 9.42. The maximum absolute atomic E-state index is 11.9. The van der Waals surface area contributed by atoms with Crippen molar-refractivity contribution in [3.05, 3.63) is 47.9 Å². The Morgan fingerprint density at radius 3 is 3.14 bits per heavy atom. The van der Waals surface area contributed by atoms with Crippen molar-refractivity contribution in [3.8, 4) is 0 Å². The van der Waals surface area contributed by atoms with E-state index >= 15 is 0 Å². The first-order valence-electron chi connectivity index (χ1n) is 6.85. The minimum atomic E-state index is -0.536. The Balaban J connectivity index is 1.97. The summed E-state index contributed by atoms with van der Waals surface area (Å²) in [5.74, 6) is -0.182.